The first-order valence-electron chi connectivity index (χ1n) is 8.07. The summed E-state index contributed by atoms with van der Waals surface area (Å²) in [6.45, 7) is 5.83. The van der Waals surface area contributed by atoms with Gasteiger partial charge < -0.3 is 15.0 Å². The number of carbonyl (C=O) groups excluding carboxylic acids is 1. The van der Waals surface area contributed by atoms with Crippen LogP contribution in [0.4, 0.5) is 5.69 Å². The van der Waals surface area contributed by atoms with E-state index in [9.17, 15) is 4.79 Å². The van der Waals surface area contributed by atoms with Crippen LogP contribution in [-0.4, -0.2) is 18.0 Å². The molecule has 3 rings (SSSR count). The number of fused-ring (bicyclic) bond motifs is 1. The van der Waals surface area contributed by atoms with E-state index >= 15 is 0 Å². The molecule has 0 radical (unpaired) electrons. The summed E-state index contributed by atoms with van der Waals surface area (Å²) in [7, 11) is 1.56. The van der Waals surface area contributed by atoms with Crippen molar-refractivity contribution in [1.82, 2.24) is 4.98 Å². The van der Waals surface area contributed by atoms with Crippen molar-refractivity contribution in [3.05, 3.63) is 58.7 Å². The molecule has 0 bridgehead atoms. The standard InChI is InChI=1S/C20H21ClN2O2/c1-12-18(14-7-5-6-8-15(14)22-12)20(2,3)19(24)23-16-11-13(21)9-10-17(16)25-4/h5-11,22H,1-4H3,(H,23,24). The Morgan fingerprint density at radius 1 is 1.20 bits per heavy atom. The van der Waals surface area contributed by atoms with Crippen LogP contribution in [-0.2, 0) is 10.2 Å². The fraction of sp³-hybridized carbons (Fsp3) is 0.250. The Kier molecular flexibility index (Phi) is 4.48. The summed E-state index contributed by atoms with van der Waals surface area (Å²) in [6.07, 6.45) is 0. The number of aromatic nitrogens is 1. The van der Waals surface area contributed by atoms with E-state index < -0.39 is 5.41 Å². The number of carbonyl (C=O) groups is 1. The highest BCUT2D eigenvalue weighted by Crippen LogP contribution is 2.36. The maximum absolute atomic E-state index is 13.1. The van der Waals surface area contributed by atoms with Crippen LogP contribution in [0, 0.1) is 6.92 Å². The first-order chi connectivity index (χ1) is 11.8. The normalized spacial score (nSPS) is 11.6. The van der Waals surface area contributed by atoms with Crippen molar-refractivity contribution in [1.29, 1.82) is 0 Å². The van der Waals surface area contributed by atoms with Crippen LogP contribution in [0.2, 0.25) is 5.02 Å². The second kappa shape index (κ2) is 6.45. The lowest BCUT2D eigenvalue weighted by Gasteiger charge is -2.25. The lowest BCUT2D eigenvalue weighted by Crippen LogP contribution is -2.35. The van der Waals surface area contributed by atoms with Crippen LogP contribution in [0.3, 0.4) is 0 Å². The van der Waals surface area contributed by atoms with Crippen molar-refractivity contribution in [3.63, 3.8) is 0 Å². The summed E-state index contributed by atoms with van der Waals surface area (Å²) in [5.41, 5.74) is 2.82. The fourth-order valence-electron chi connectivity index (χ4n) is 3.25. The highest BCUT2D eigenvalue weighted by Gasteiger charge is 2.34. The molecule has 1 amide bonds. The maximum atomic E-state index is 13.1. The van der Waals surface area contributed by atoms with E-state index in [-0.39, 0.29) is 5.91 Å². The largest absolute Gasteiger partial charge is 0.495 e. The molecule has 1 heterocycles. The summed E-state index contributed by atoms with van der Waals surface area (Å²) >= 11 is 6.06. The van der Waals surface area contributed by atoms with Crippen LogP contribution in [0.25, 0.3) is 10.9 Å². The number of hydrogen-bond donors (Lipinski definition) is 2. The molecule has 0 aliphatic rings. The van der Waals surface area contributed by atoms with Gasteiger partial charge in [-0.1, -0.05) is 29.8 Å². The number of aryl methyl sites for hydroxylation is 1. The molecular weight excluding hydrogens is 336 g/mol. The molecule has 0 aliphatic heterocycles. The summed E-state index contributed by atoms with van der Waals surface area (Å²) in [5, 5.41) is 4.55. The third-order valence-corrected chi connectivity index (χ3v) is 4.73. The summed E-state index contributed by atoms with van der Waals surface area (Å²) in [6, 6.07) is 13.2. The first kappa shape index (κ1) is 17.4. The van der Waals surface area contributed by atoms with E-state index in [1.807, 2.05) is 45.0 Å². The van der Waals surface area contributed by atoms with Gasteiger partial charge in [-0.3, -0.25) is 4.79 Å². The lowest BCUT2D eigenvalue weighted by molar-refractivity contribution is -0.120. The SMILES string of the molecule is COc1ccc(Cl)cc1NC(=O)C(C)(C)c1c(C)[nH]c2ccccc12. The fourth-order valence-corrected chi connectivity index (χ4v) is 3.42. The molecule has 0 atom stereocenters. The van der Waals surface area contributed by atoms with Gasteiger partial charge in [0.25, 0.3) is 0 Å². The van der Waals surface area contributed by atoms with Crippen LogP contribution in [0.15, 0.2) is 42.5 Å². The number of aromatic amines is 1. The highest BCUT2D eigenvalue weighted by molar-refractivity contribution is 6.31. The summed E-state index contributed by atoms with van der Waals surface area (Å²) < 4.78 is 5.32. The zero-order valence-corrected chi connectivity index (χ0v) is 15.5. The highest BCUT2D eigenvalue weighted by atomic mass is 35.5. The number of H-pyrrole nitrogens is 1. The number of amides is 1. The van der Waals surface area contributed by atoms with Gasteiger partial charge in [0.1, 0.15) is 5.75 Å². The smallest absolute Gasteiger partial charge is 0.234 e. The molecule has 0 aliphatic carbocycles. The number of anilines is 1. The number of rotatable bonds is 4. The molecule has 0 fully saturated rings. The van der Waals surface area contributed by atoms with E-state index in [1.165, 1.54) is 0 Å². The van der Waals surface area contributed by atoms with E-state index in [1.54, 1.807) is 25.3 Å². The average molecular weight is 357 g/mol. The zero-order chi connectivity index (χ0) is 18.2. The van der Waals surface area contributed by atoms with Gasteiger partial charge in [-0.2, -0.15) is 0 Å². The van der Waals surface area contributed by atoms with Crippen LogP contribution in [0.1, 0.15) is 25.1 Å². The van der Waals surface area contributed by atoms with E-state index in [0.29, 0.717) is 16.5 Å². The molecule has 0 saturated heterocycles. The van der Waals surface area contributed by atoms with Crippen molar-refractivity contribution in [2.75, 3.05) is 12.4 Å². The van der Waals surface area contributed by atoms with Gasteiger partial charge in [-0.15, -0.1) is 0 Å². The third-order valence-electron chi connectivity index (χ3n) is 4.50. The molecule has 2 N–H and O–H groups in total. The molecule has 0 saturated carbocycles. The van der Waals surface area contributed by atoms with Gasteiger partial charge >= 0.3 is 0 Å². The third kappa shape index (κ3) is 3.10. The molecule has 2 aromatic carbocycles. The minimum absolute atomic E-state index is 0.124. The van der Waals surface area contributed by atoms with Gasteiger partial charge in [-0.05, 0) is 50.6 Å². The Morgan fingerprint density at radius 2 is 1.92 bits per heavy atom. The second-order valence-electron chi connectivity index (χ2n) is 6.59. The van der Waals surface area contributed by atoms with E-state index in [2.05, 4.69) is 10.3 Å². The number of halogens is 1. The monoisotopic (exact) mass is 356 g/mol. The van der Waals surface area contributed by atoms with Crippen molar-refractivity contribution in [2.24, 2.45) is 0 Å². The van der Waals surface area contributed by atoms with E-state index in [4.69, 9.17) is 16.3 Å². The summed E-state index contributed by atoms with van der Waals surface area (Å²) in [5.74, 6) is 0.449. The summed E-state index contributed by atoms with van der Waals surface area (Å²) in [4.78, 5) is 16.4. The minimum Gasteiger partial charge on any atom is -0.495 e. The quantitative estimate of drug-likeness (QED) is 0.686. The molecule has 4 nitrogen and oxygen atoms in total. The molecule has 3 aromatic rings. The van der Waals surface area contributed by atoms with Gasteiger partial charge in [0.15, 0.2) is 0 Å². The second-order valence-corrected chi connectivity index (χ2v) is 7.03. The first-order valence-corrected chi connectivity index (χ1v) is 8.45. The Hall–Kier alpha value is -2.46. The molecular formula is C20H21ClN2O2. The van der Waals surface area contributed by atoms with Crippen LogP contribution >= 0.6 is 11.6 Å². The van der Waals surface area contributed by atoms with Gasteiger partial charge in [0.2, 0.25) is 5.91 Å². The maximum Gasteiger partial charge on any atom is 0.234 e. The van der Waals surface area contributed by atoms with Gasteiger partial charge in [0, 0.05) is 21.6 Å². The van der Waals surface area contributed by atoms with Gasteiger partial charge in [-0.25, -0.2) is 0 Å². The Balaban J connectivity index is 2.01. The van der Waals surface area contributed by atoms with Crippen LogP contribution in [0.5, 0.6) is 5.75 Å². The van der Waals surface area contributed by atoms with Crippen LogP contribution < -0.4 is 10.1 Å². The van der Waals surface area contributed by atoms with Crippen molar-refractivity contribution >= 4 is 34.1 Å². The number of benzene rings is 2. The minimum atomic E-state index is -0.739. The van der Waals surface area contributed by atoms with E-state index in [0.717, 1.165) is 22.2 Å². The average Bonchev–Trinajstić information content (AvgIpc) is 2.91. The molecule has 25 heavy (non-hydrogen) atoms. The van der Waals surface area contributed by atoms with Crippen molar-refractivity contribution in [3.8, 4) is 5.75 Å². The van der Waals surface area contributed by atoms with Crippen molar-refractivity contribution < 1.29 is 9.53 Å². The predicted octanol–water partition coefficient (Wildman–Crippen LogP) is 5.05. The lowest BCUT2D eigenvalue weighted by atomic mass is 9.81. The van der Waals surface area contributed by atoms with Gasteiger partial charge in [0.05, 0.1) is 18.2 Å². The Bertz CT molecular complexity index is 944. The Labute approximate surface area is 152 Å². The number of ether oxygens (including phenoxy) is 1. The zero-order valence-electron chi connectivity index (χ0n) is 14.7. The predicted molar refractivity (Wildman–Crippen MR) is 103 cm³/mol. The molecule has 0 spiro atoms. The topological polar surface area (TPSA) is 54.1 Å². The molecule has 5 heteroatoms. The number of methoxy groups -OCH3 is 1. The van der Waals surface area contributed by atoms with Crippen molar-refractivity contribution in [2.45, 2.75) is 26.2 Å². The molecule has 0 unspecified atom stereocenters. The Morgan fingerprint density at radius 3 is 2.64 bits per heavy atom. The molecule has 130 valence electrons. The number of hydrogen-bond acceptors (Lipinski definition) is 2. The number of nitrogens with one attached hydrogen (secondary N) is 2. The molecule has 1 aromatic heterocycles. The number of para-hydroxylation sites is 1.